The number of aromatic nitrogens is 1. The number of rotatable bonds is 10. The van der Waals surface area contributed by atoms with Crippen molar-refractivity contribution >= 4 is 11.8 Å². The van der Waals surface area contributed by atoms with E-state index in [1.807, 2.05) is 84.9 Å². The molecule has 1 saturated heterocycles. The van der Waals surface area contributed by atoms with Crippen molar-refractivity contribution in [3.05, 3.63) is 156 Å². The largest absolute Gasteiger partial charge is 0.431 e. The minimum atomic E-state index is -0.567. The zero-order valence-corrected chi connectivity index (χ0v) is 27.6. The zero-order chi connectivity index (χ0) is 32.9. The Labute approximate surface area is 285 Å². The van der Waals surface area contributed by atoms with Crippen LogP contribution in [0.3, 0.4) is 0 Å². The van der Waals surface area contributed by atoms with E-state index in [-0.39, 0.29) is 24.7 Å². The van der Waals surface area contributed by atoms with Crippen LogP contribution in [-0.4, -0.2) is 21.9 Å². The number of ether oxygens (including phenoxy) is 2. The average Bonchev–Trinajstić information content (AvgIpc) is 3.60. The number of thioether (sulfide) groups is 1. The highest BCUT2D eigenvalue weighted by molar-refractivity contribution is 7.99. The highest BCUT2D eigenvalue weighted by atomic mass is 32.2. The van der Waals surface area contributed by atoms with Gasteiger partial charge in [0.1, 0.15) is 5.69 Å². The third-order valence-corrected chi connectivity index (χ3v) is 9.78. The minimum absolute atomic E-state index is 0.00101. The maximum absolute atomic E-state index is 9.63. The molecule has 1 aliphatic rings. The molecular weight excluding hydrogens is 617 g/mol. The average molecular weight is 655 g/mol. The zero-order valence-electron chi connectivity index (χ0n) is 26.7. The molecule has 0 aliphatic carbocycles. The van der Waals surface area contributed by atoms with Crippen molar-refractivity contribution in [3.8, 4) is 33.7 Å². The van der Waals surface area contributed by atoms with E-state index in [4.69, 9.17) is 24.6 Å². The van der Waals surface area contributed by atoms with Crippen LogP contribution in [0.5, 0.6) is 0 Å². The molecule has 0 radical (unpaired) electrons. The Morgan fingerprint density at radius 3 is 2.04 bits per heavy atom. The van der Waals surface area contributed by atoms with Crippen molar-refractivity contribution in [2.45, 2.75) is 43.8 Å². The first-order valence-corrected chi connectivity index (χ1v) is 17.2. The Hall–Kier alpha value is -4.50. The summed E-state index contributed by atoms with van der Waals surface area (Å²) in [5.41, 5.74) is 14.9. The van der Waals surface area contributed by atoms with Gasteiger partial charge in [-0.15, -0.1) is 0 Å². The van der Waals surface area contributed by atoms with Crippen LogP contribution in [0.2, 0.25) is 0 Å². The fraction of sp³-hybridized carbons (Fsp3) is 0.195. The number of hydrogen-bond donors (Lipinski definition) is 2. The van der Waals surface area contributed by atoms with Gasteiger partial charge >= 0.3 is 0 Å². The van der Waals surface area contributed by atoms with Crippen LogP contribution in [0.4, 0.5) is 0 Å². The smallest absolute Gasteiger partial charge is 0.256 e. The SMILES string of the molecule is C[C@@H]1[C@H](CSc2nc(-c3ccccc3)c(-c3ccccc3)o2)O[C@H](c2ccc(-c3cccc(CN)c3)cc2)O[C@@H]1c1ccc(CO)cc1. The molecule has 0 bridgehead atoms. The molecule has 1 fully saturated rings. The van der Waals surface area contributed by atoms with E-state index >= 15 is 0 Å². The third-order valence-electron chi connectivity index (χ3n) is 8.86. The van der Waals surface area contributed by atoms with Gasteiger partial charge in [0.15, 0.2) is 12.1 Å². The summed E-state index contributed by atoms with van der Waals surface area (Å²) in [6.45, 7) is 2.67. The summed E-state index contributed by atoms with van der Waals surface area (Å²) in [5.74, 6) is 1.41. The van der Waals surface area contributed by atoms with Crippen molar-refractivity contribution in [2.75, 3.05) is 5.75 Å². The lowest BCUT2D eigenvalue weighted by atomic mass is 9.91. The predicted molar refractivity (Wildman–Crippen MR) is 191 cm³/mol. The number of hydrogen-bond acceptors (Lipinski definition) is 7. The summed E-state index contributed by atoms with van der Waals surface area (Å²) < 4.78 is 19.9. The van der Waals surface area contributed by atoms with E-state index in [0.29, 0.717) is 17.5 Å². The molecule has 3 N–H and O–H groups in total. The molecule has 4 atom stereocenters. The summed E-state index contributed by atoms with van der Waals surface area (Å²) in [6, 6.07) is 44.9. The van der Waals surface area contributed by atoms with Gasteiger partial charge in [-0.05, 0) is 33.9 Å². The Morgan fingerprint density at radius 2 is 1.35 bits per heavy atom. The van der Waals surface area contributed by atoms with Crippen LogP contribution in [-0.2, 0) is 22.6 Å². The number of benzene rings is 5. The van der Waals surface area contributed by atoms with Crippen molar-refractivity contribution in [3.63, 3.8) is 0 Å². The molecule has 7 heteroatoms. The highest BCUT2D eigenvalue weighted by Crippen LogP contribution is 2.44. The molecule has 6 aromatic rings. The van der Waals surface area contributed by atoms with E-state index in [2.05, 4.69) is 55.5 Å². The maximum atomic E-state index is 9.63. The second-order valence-corrected chi connectivity index (χ2v) is 13.0. The second-order valence-electron chi connectivity index (χ2n) is 12.0. The van der Waals surface area contributed by atoms with E-state index in [9.17, 15) is 5.11 Å². The number of aliphatic hydroxyl groups excluding tert-OH is 1. The number of oxazole rings is 1. The Bertz CT molecular complexity index is 1870. The lowest BCUT2D eigenvalue weighted by Crippen LogP contribution is -2.38. The molecule has 48 heavy (non-hydrogen) atoms. The molecule has 7 rings (SSSR count). The van der Waals surface area contributed by atoms with E-state index < -0.39 is 6.29 Å². The highest BCUT2D eigenvalue weighted by Gasteiger charge is 2.38. The number of aliphatic hydroxyl groups is 1. The van der Waals surface area contributed by atoms with Gasteiger partial charge in [0.05, 0.1) is 18.8 Å². The predicted octanol–water partition coefficient (Wildman–Crippen LogP) is 9.21. The van der Waals surface area contributed by atoms with Crippen LogP contribution in [0.1, 0.15) is 41.6 Å². The topological polar surface area (TPSA) is 90.7 Å². The van der Waals surface area contributed by atoms with Crippen molar-refractivity contribution in [2.24, 2.45) is 11.7 Å². The Balaban J connectivity index is 1.16. The van der Waals surface area contributed by atoms with Crippen molar-refractivity contribution in [1.82, 2.24) is 4.98 Å². The van der Waals surface area contributed by atoms with Gasteiger partial charge in [0.25, 0.3) is 5.22 Å². The van der Waals surface area contributed by atoms with Crippen molar-refractivity contribution < 1.29 is 19.0 Å². The molecule has 0 amide bonds. The van der Waals surface area contributed by atoms with E-state index in [1.54, 1.807) is 11.8 Å². The molecule has 6 nitrogen and oxygen atoms in total. The van der Waals surface area contributed by atoms with Crippen molar-refractivity contribution in [1.29, 1.82) is 0 Å². The molecule has 5 aromatic carbocycles. The molecule has 1 aliphatic heterocycles. The minimum Gasteiger partial charge on any atom is -0.431 e. The first-order chi connectivity index (χ1) is 23.6. The normalized spacial score (nSPS) is 19.3. The molecule has 242 valence electrons. The van der Waals surface area contributed by atoms with Crippen LogP contribution in [0.25, 0.3) is 33.7 Å². The maximum Gasteiger partial charge on any atom is 0.256 e. The lowest BCUT2D eigenvalue weighted by molar-refractivity contribution is -0.268. The fourth-order valence-corrected chi connectivity index (χ4v) is 7.10. The van der Waals surface area contributed by atoms with Crippen LogP contribution >= 0.6 is 11.8 Å². The molecule has 0 saturated carbocycles. The summed E-state index contributed by atoms with van der Waals surface area (Å²) in [4.78, 5) is 4.97. The standard InChI is InChI=1S/C41H38N2O4S/c1-27-36(26-48-41-43-37(31-10-4-2-5-11-31)39(47-41)32-12-6-3-7-13-32)45-40(46-38(27)33-17-15-28(25-44)16-18-33)34-21-19-30(20-22-34)35-14-8-9-29(23-35)24-42/h2-23,27,36,38,40,44H,24-26,42H2,1H3/t27-,36+,38+,40+/m1/s1. The van der Waals surface area contributed by atoms with Gasteiger partial charge in [-0.3, -0.25) is 0 Å². The molecule has 0 spiro atoms. The van der Waals surface area contributed by atoms with Gasteiger partial charge in [0.2, 0.25) is 0 Å². The molecule has 0 unspecified atom stereocenters. The van der Waals surface area contributed by atoms with Gasteiger partial charge in [0, 0.05) is 34.9 Å². The Kier molecular flexibility index (Phi) is 9.84. The van der Waals surface area contributed by atoms with Gasteiger partial charge in [-0.2, -0.15) is 0 Å². The third kappa shape index (κ3) is 7.02. The van der Waals surface area contributed by atoms with Crippen LogP contribution in [0, 0.1) is 5.92 Å². The van der Waals surface area contributed by atoms with Crippen LogP contribution in [0.15, 0.2) is 143 Å². The number of nitrogens with zero attached hydrogens (tertiary/aromatic N) is 1. The lowest BCUT2D eigenvalue weighted by Gasteiger charge is -2.41. The summed E-state index contributed by atoms with van der Waals surface area (Å²) in [5, 5.41) is 10.2. The summed E-state index contributed by atoms with van der Waals surface area (Å²) >= 11 is 1.56. The molecular formula is C41H38N2O4S. The summed E-state index contributed by atoms with van der Waals surface area (Å²) in [7, 11) is 0. The number of nitrogens with two attached hydrogens (primary N) is 1. The first-order valence-electron chi connectivity index (χ1n) is 16.2. The van der Waals surface area contributed by atoms with Gasteiger partial charge < -0.3 is 24.7 Å². The van der Waals surface area contributed by atoms with Crippen LogP contribution < -0.4 is 5.73 Å². The Morgan fingerprint density at radius 1 is 0.688 bits per heavy atom. The van der Waals surface area contributed by atoms with E-state index in [1.165, 1.54) is 0 Å². The van der Waals surface area contributed by atoms with E-state index in [0.717, 1.165) is 56.0 Å². The summed E-state index contributed by atoms with van der Waals surface area (Å²) in [6.07, 6.45) is -0.945. The van der Waals surface area contributed by atoms with Gasteiger partial charge in [-0.25, -0.2) is 4.98 Å². The fourth-order valence-electron chi connectivity index (χ4n) is 6.11. The monoisotopic (exact) mass is 654 g/mol. The quantitative estimate of drug-likeness (QED) is 0.142. The second kappa shape index (κ2) is 14.7. The molecule has 2 heterocycles. The first kappa shape index (κ1) is 32.1. The molecule has 1 aromatic heterocycles. The van der Waals surface area contributed by atoms with Gasteiger partial charge in [-0.1, -0.05) is 146 Å².